The summed E-state index contributed by atoms with van der Waals surface area (Å²) >= 11 is 5.97. The van der Waals surface area contributed by atoms with E-state index in [0.717, 1.165) is 5.56 Å². The summed E-state index contributed by atoms with van der Waals surface area (Å²) in [6, 6.07) is 17.8. The number of amides is 1. The number of benzene rings is 3. The van der Waals surface area contributed by atoms with Crippen molar-refractivity contribution in [3.8, 4) is 17.2 Å². The maximum Gasteiger partial charge on any atom is 0.273 e. The van der Waals surface area contributed by atoms with Crippen LogP contribution in [0.15, 0.2) is 71.1 Å². The Hall–Kier alpha value is -3.91. The lowest BCUT2D eigenvalue weighted by molar-refractivity contribution is -0.384. The summed E-state index contributed by atoms with van der Waals surface area (Å²) in [7, 11) is 0. The number of hydrogen-bond acceptors (Lipinski definition) is 6. The molecule has 0 aliphatic heterocycles. The van der Waals surface area contributed by atoms with Gasteiger partial charge in [-0.3, -0.25) is 14.9 Å². The molecule has 0 bridgehead atoms. The van der Waals surface area contributed by atoms with Gasteiger partial charge in [0.05, 0.1) is 11.0 Å². The van der Waals surface area contributed by atoms with E-state index in [2.05, 4.69) is 10.3 Å². The summed E-state index contributed by atoms with van der Waals surface area (Å²) in [4.78, 5) is 26.8. The Morgan fingerprint density at radius 2 is 1.93 bits per heavy atom. The molecule has 0 atom stereocenters. The summed E-state index contributed by atoms with van der Waals surface area (Å²) in [5.74, 6) is 0.288. The maximum absolute atomic E-state index is 12.1. The quantitative estimate of drug-likeness (QED) is 0.342. The van der Waals surface area contributed by atoms with Gasteiger partial charge in [0.25, 0.3) is 11.6 Å². The number of ether oxygens (including phenoxy) is 1. The number of rotatable bonds is 6. The van der Waals surface area contributed by atoms with Crippen LogP contribution in [0, 0.1) is 10.1 Å². The number of carbonyl (C=O) groups is 1. The molecule has 1 amide bonds. The van der Waals surface area contributed by atoms with Crippen molar-refractivity contribution in [3.05, 3.63) is 81.9 Å². The summed E-state index contributed by atoms with van der Waals surface area (Å²) < 4.78 is 11.0. The molecule has 1 N–H and O–H groups in total. The molecule has 8 nitrogen and oxygen atoms in total. The smallest absolute Gasteiger partial charge is 0.273 e. The minimum atomic E-state index is -0.528. The topological polar surface area (TPSA) is 108 Å². The van der Waals surface area contributed by atoms with E-state index in [9.17, 15) is 14.9 Å². The molecule has 0 aliphatic carbocycles. The van der Waals surface area contributed by atoms with Crippen LogP contribution < -0.4 is 10.1 Å². The van der Waals surface area contributed by atoms with Gasteiger partial charge in [0.2, 0.25) is 5.89 Å². The zero-order valence-corrected chi connectivity index (χ0v) is 16.1. The number of nitrogens with zero attached hydrogens (tertiary/aromatic N) is 2. The van der Waals surface area contributed by atoms with E-state index in [1.807, 2.05) is 0 Å². The van der Waals surface area contributed by atoms with E-state index in [4.69, 9.17) is 20.8 Å². The number of fused-ring (bicyclic) bond motifs is 1. The molecular formula is C21H14ClN3O5. The number of hydrogen-bond donors (Lipinski definition) is 1. The van der Waals surface area contributed by atoms with Crippen molar-refractivity contribution >= 4 is 40.0 Å². The Balaban J connectivity index is 1.38. The molecule has 1 heterocycles. The van der Waals surface area contributed by atoms with Crippen LogP contribution in [-0.4, -0.2) is 22.4 Å². The third kappa shape index (κ3) is 4.39. The van der Waals surface area contributed by atoms with Crippen LogP contribution in [-0.2, 0) is 4.79 Å². The first-order valence-electron chi connectivity index (χ1n) is 8.81. The zero-order chi connectivity index (χ0) is 21.1. The van der Waals surface area contributed by atoms with Gasteiger partial charge >= 0.3 is 0 Å². The van der Waals surface area contributed by atoms with E-state index >= 15 is 0 Å². The SMILES string of the molecule is O=C(COc1cccc([N+](=O)[O-])c1)Nc1ccc(-c2nc3cc(Cl)ccc3o2)cc1. The van der Waals surface area contributed by atoms with Gasteiger partial charge < -0.3 is 14.5 Å². The van der Waals surface area contributed by atoms with Gasteiger partial charge in [-0.1, -0.05) is 17.7 Å². The molecule has 3 aromatic carbocycles. The van der Waals surface area contributed by atoms with E-state index in [1.165, 1.54) is 18.2 Å². The fourth-order valence-corrected chi connectivity index (χ4v) is 2.92. The lowest BCUT2D eigenvalue weighted by atomic mass is 10.2. The van der Waals surface area contributed by atoms with E-state index in [0.29, 0.717) is 27.7 Å². The summed E-state index contributed by atoms with van der Waals surface area (Å²) in [5.41, 5.74) is 2.49. The molecule has 9 heteroatoms. The van der Waals surface area contributed by atoms with Crippen molar-refractivity contribution in [2.45, 2.75) is 0 Å². The predicted molar refractivity (Wildman–Crippen MR) is 112 cm³/mol. The number of anilines is 1. The molecule has 0 radical (unpaired) electrons. The minimum Gasteiger partial charge on any atom is -0.484 e. The zero-order valence-electron chi connectivity index (χ0n) is 15.4. The van der Waals surface area contributed by atoms with E-state index in [-0.39, 0.29) is 18.0 Å². The first-order chi connectivity index (χ1) is 14.5. The Labute approximate surface area is 175 Å². The average Bonchev–Trinajstić information content (AvgIpc) is 3.16. The lowest BCUT2D eigenvalue weighted by Crippen LogP contribution is -2.20. The molecule has 150 valence electrons. The molecule has 30 heavy (non-hydrogen) atoms. The fraction of sp³-hybridized carbons (Fsp3) is 0.0476. The number of carbonyl (C=O) groups excluding carboxylic acids is 1. The normalized spacial score (nSPS) is 10.7. The highest BCUT2D eigenvalue weighted by molar-refractivity contribution is 6.31. The van der Waals surface area contributed by atoms with Gasteiger partial charge in [-0.05, 0) is 48.5 Å². The van der Waals surface area contributed by atoms with Crippen molar-refractivity contribution in [1.29, 1.82) is 0 Å². The number of nitrogens with one attached hydrogen (secondary N) is 1. The van der Waals surface area contributed by atoms with Gasteiger partial charge in [-0.25, -0.2) is 4.98 Å². The number of aromatic nitrogens is 1. The number of oxazole rings is 1. The Morgan fingerprint density at radius 1 is 1.13 bits per heavy atom. The standard InChI is InChI=1S/C21H14ClN3O5/c22-14-6-9-19-18(10-14)24-21(30-19)13-4-7-15(8-5-13)23-20(26)12-29-17-3-1-2-16(11-17)25(27)28/h1-11H,12H2,(H,23,26). The molecule has 0 saturated carbocycles. The van der Waals surface area contributed by atoms with Gasteiger partial charge in [-0.15, -0.1) is 0 Å². The first-order valence-corrected chi connectivity index (χ1v) is 9.19. The minimum absolute atomic E-state index is 0.107. The molecule has 0 fully saturated rings. The van der Waals surface area contributed by atoms with Crippen molar-refractivity contribution in [2.24, 2.45) is 0 Å². The van der Waals surface area contributed by atoms with E-state index < -0.39 is 10.8 Å². The summed E-state index contributed by atoms with van der Waals surface area (Å²) in [6.07, 6.45) is 0. The molecule has 4 rings (SSSR count). The molecule has 0 unspecified atom stereocenters. The van der Waals surface area contributed by atoms with Gasteiger partial charge in [0, 0.05) is 22.3 Å². The molecule has 0 spiro atoms. The van der Waals surface area contributed by atoms with Crippen molar-refractivity contribution in [2.75, 3.05) is 11.9 Å². The van der Waals surface area contributed by atoms with Crippen LogP contribution in [0.1, 0.15) is 0 Å². The highest BCUT2D eigenvalue weighted by Crippen LogP contribution is 2.27. The van der Waals surface area contributed by atoms with Crippen LogP contribution in [0.3, 0.4) is 0 Å². The second-order valence-corrected chi connectivity index (χ2v) is 6.74. The third-order valence-electron chi connectivity index (χ3n) is 4.16. The molecule has 0 saturated heterocycles. The number of nitro groups is 1. The lowest BCUT2D eigenvalue weighted by Gasteiger charge is -2.08. The van der Waals surface area contributed by atoms with Gasteiger partial charge in [0.1, 0.15) is 11.3 Å². The Morgan fingerprint density at radius 3 is 2.70 bits per heavy atom. The van der Waals surface area contributed by atoms with Gasteiger partial charge in [0.15, 0.2) is 12.2 Å². The van der Waals surface area contributed by atoms with Crippen molar-refractivity contribution in [3.63, 3.8) is 0 Å². The second-order valence-electron chi connectivity index (χ2n) is 6.30. The highest BCUT2D eigenvalue weighted by Gasteiger charge is 2.11. The van der Waals surface area contributed by atoms with Gasteiger partial charge in [-0.2, -0.15) is 0 Å². The molecule has 4 aromatic rings. The van der Waals surface area contributed by atoms with Crippen molar-refractivity contribution < 1.29 is 18.9 Å². The predicted octanol–water partition coefficient (Wildman–Crippen LogP) is 5.07. The number of nitro benzene ring substituents is 1. The van der Waals surface area contributed by atoms with Crippen LogP contribution in [0.2, 0.25) is 5.02 Å². The Kier molecular flexibility index (Phi) is 5.32. The number of halogens is 1. The average molecular weight is 424 g/mol. The van der Waals surface area contributed by atoms with E-state index in [1.54, 1.807) is 48.5 Å². The van der Waals surface area contributed by atoms with Crippen molar-refractivity contribution in [1.82, 2.24) is 4.98 Å². The fourth-order valence-electron chi connectivity index (χ4n) is 2.75. The highest BCUT2D eigenvalue weighted by atomic mass is 35.5. The first kappa shape index (κ1) is 19.4. The monoisotopic (exact) mass is 423 g/mol. The van der Waals surface area contributed by atoms with Crippen LogP contribution in [0.25, 0.3) is 22.6 Å². The summed E-state index contributed by atoms with van der Waals surface area (Å²) in [6.45, 7) is -0.283. The van der Waals surface area contributed by atoms with Crippen LogP contribution >= 0.6 is 11.6 Å². The molecule has 1 aromatic heterocycles. The second kappa shape index (κ2) is 8.22. The van der Waals surface area contributed by atoms with Crippen LogP contribution in [0.4, 0.5) is 11.4 Å². The van der Waals surface area contributed by atoms with Crippen LogP contribution in [0.5, 0.6) is 5.75 Å². The maximum atomic E-state index is 12.1. The summed E-state index contributed by atoms with van der Waals surface area (Å²) in [5, 5.41) is 14.1. The Bertz CT molecular complexity index is 1240. The molecular weight excluding hydrogens is 410 g/mol. The molecule has 0 aliphatic rings. The largest absolute Gasteiger partial charge is 0.484 e. The third-order valence-corrected chi connectivity index (χ3v) is 4.40. The number of non-ortho nitro benzene ring substituents is 1.